The van der Waals surface area contributed by atoms with Crippen LogP contribution in [-0.2, 0) is 14.9 Å². The molecule has 0 amide bonds. The van der Waals surface area contributed by atoms with E-state index in [0.29, 0.717) is 18.2 Å². The van der Waals surface area contributed by atoms with Crippen molar-refractivity contribution >= 4 is 17.3 Å². The molecule has 0 aromatic carbocycles. The third kappa shape index (κ3) is 2.57. The highest BCUT2D eigenvalue weighted by molar-refractivity contribution is 7.09. The zero-order valence-electron chi connectivity index (χ0n) is 11.0. The molecule has 1 heterocycles. The molecule has 1 saturated carbocycles. The van der Waals surface area contributed by atoms with Crippen LogP contribution in [0, 0.1) is 5.92 Å². The van der Waals surface area contributed by atoms with Crippen molar-refractivity contribution in [2.75, 3.05) is 6.61 Å². The fourth-order valence-electron chi connectivity index (χ4n) is 1.80. The van der Waals surface area contributed by atoms with Crippen LogP contribution < -0.4 is 0 Å². The summed E-state index contributed by atoms with van der Waals surface area (Å²) in [5, 5.41) is 12.0. The van der Waals surface area contributed by atoms with Gasteiger partial charge in [-0.15, -0.1) is 11.3 Å². The Morgan fingerprint density at radius 3 is 2.83 bits per heavy atom. The average Bonchev–Trinajstić information content (AvgIpc) is 3.02. The second-order valence-corrected chi connectivity index (χ2v) is 6.10. The van der Waals surface area contributed by atoms with Gasteiger partial charge in [0.25, 0.3) is 0 Å². The van der Waals surface area contributed by atoms with E-state index in [-0.39, 0.29) is 6.10 Å². The van der Waals surface area contributed by atoms with Gasteiger partial charge in [-0.1, -0.05) is 0 Å². The van der Waals surface area contributed by atoms with Crippen LogP contribution in [0.3, 0.4) is 0 Å². The lowest BCUT2D eigenvalue weighted by molar-refractivity contribution is -0.142. The summed E-state index contributed by atoms with van der Waals surface area (Å²) in [6.45, 7) is 6.01. The zero-order chi connectivity index (χ0) is 13.3. The largest absolute Gasteiger partial charge is 0.481 e. The summed E-state index contributed by atoms with van der Waals surface area (Å²) >= 11 is 1.51. The molecule has 0 bridgehead atoms. The fourth-order valence-corrected chi connectivity index (χ4v) is 2.93. The van der Waals surface area contributed by atoms with Gasteiger partial charge in [-0.3, -0.25) is 4.79 Å². The molecule has 100 valence electrons. The predicted octanol–water partition coefficient (Wildman–Crippen LogP) is 2.99. The van der Waals surface area contributed by atoms with Crippen LogP contribution >= 0.6 is 11.3 Å². The van der Waals surface area contributed by atoms with Crippen LogP contribution in [0.1, 0.15) is 50.4 Å². The lowest BCUT2D eigenvalue weighted by atomic mass is 9.90. The van der Waals surface area contributed by atoms with Gasteiger partial charge in [0.2, 0.25) is 0 Å². The maximum Gasteiger partial charge on any atom is 0.315 e. The van der Waals surface area contributed by atoms with Crippen LogP contribution in [-0.4, -0.2) is 22.7 Å². The van der Waals surface area contributed by atoms with Gasteiger partial charge < -0.3 is 9.84 Å². The molecule has 1 atom stereocenters. The minimum absolute atomic E-state index is 0.0540. The molecule has 1 unspecified atom stereocenters. The Balaban J connectivity index is 2.21. The van der Waals surface area contributed by atoms with Gasteiger partial charge in [0.05, 0.1) is 5.69 Å². The summed E-state index contributed by atoms with van der Waals surface area (Å²) in [6.07, 6.45) is 2.42. The molecule has 0 aliphatic heterocycles. The number of thiazole rings is 1. The SMILES string of the molecule is CCOC(c1nc(C(C)(C)C(=O)O)cs1)C1CC1. The molecular formula is C13H19NO3S. The van der Waals surface area contributed by atoms with Gasteiger partial charge in [-0.05, 0) is 39.5 Å². The van der Waals surface area contributed by atoms with Gasteiger partial charge in [0, 0.05) is 12.0 Å². The van der Waals surface area contributed by atoms with E-state index in [0.717, 1.165) is 5.01 Å². The van der Waals surface area contributed by atoms with E-state index in [9.17, 15) is 9.90 Å². The van der Waals surface area contributed by atoms with Gasteiger partial charge >= 0.3 is 5.97 Å². The lowest BCUT2D eigenvalue weighted by Crippen LogP contribution is -2.29. The predicted molar refractivity (Wildman–Crippen MR) is 69.9 cm³/mol. The maximum atomic E-state index is 11.2. The first-order valence-corrected chi connectivity index (χ1v) is 7.15. The second-order valence-electron chi connectivity index (χ2n) is 5.21. The van der Waals surface area contributed by atoms with Crippen molar-refractivity contribution in [3.63, 3.8) is 0 Å². The molecule has 1 aromatic rings. The first-order valence-electron chi connectivity index (χ1n) is 6.27. The summed E-state index contributed by atoms with van der Waals surface area (Å²) in [4.78, 5) is 15.7. The fraction of sp³-hybridized carbons (Fsp3) is 0.692. The Bertz CT molecular complexity index is 437. The van der Waals surface area contributed by atoms with Crippen molar-refractivity contribution < 1.29 is 14.6 Å². The molecule has 1 aromatic heterocycles. The Hall–Kier alpha value is -0.940. The summed E-state index contributed by atoms with van der Waals surface area (Å²) in [5.74, 6) is -0.282. The topological polar surface area (TPSA) is 59.4 Å². The van der Waals surface area contributed by atoms with Crippen molar-refractivity contribution in [1.82, 2.24) is 4.98 Å². The third-order valence-electron chi connectivity index (χ3n) is 3.34. The van der Waals surface area contributed by atoms with Crippen molar-refractivity contribution in [2.45, 2.75) is 45.1 Å². The van der Waals surface area contributed by atoms with Gasteiger partial charge in [0.15, 0.2) is 0 Å². The molecule has 1 N–H and O–H groups in total. The first-order chi connectivity index (χ1) is 8.46. The number of nitrogens with zero attached hydrogens (tertiary/aromatic N) is 1. The van der Waals surface area contributed by atoms with Crippen molar-refractivity contribution in [3.05, 3.63) is 16.1 Å². The summed E-state index contributed by atoms with van der Waals surface area (Å²) in [7, 11) is 0. The molecule has 2 rings (SSSR count). The second kappa shape index (κ2) is 4.97. The van der Waals surface area contributed by atoms with Crippen LogP contribution in [0.4, 0.5) is 0 Å². The molecule has 1 fully saturated rings. The Labute approximate surface area is 111 Å². The van der Waals surface area contributed by atoms with Crippen LogP contribution in [0.2, 0.25) is 0 Å². The van der Waals surface area contributed by atoms with E-state index in [4.69, 9.17) is 4.74 Å². The smallest absolute Gasteiger partial charge is 0.315 e. The number of aromatic nitrogens is 1. The number of carboxylic acids is 1. The molecule has 4 nitrogen and oxygen atoms in total. The Morgan fingerprint density at radius 1 is 1.67 bits per heavy atom. The number of carbonyl (C=O) groups is 1. The summed E-state index contributed by atoms with van der Waals surface area (Å²) in [5.41, 5.74) is -0.310. The molecule has 1 aliphatic carbocycles. The van der Waals surface area contributed by atoms with E-state index < -0.39 is 11.4 Å². The number of aliphatic carboxylic acids is 1. The molecule has 0 saturated heterocycles. The Kier molecular flexibility index (Phi) is 3.73. The molecule has 1 aliphatic rings. The van der Waals surface area contributed by atoms with E-state index in [1.165, 1.54) is 24.2 Å². The van der Waals surface area contributed by atoms with E-state index >= 15 is 0 Å². The third-order valence-corrected chi connectivity index (χ3v) is 4.24. The zero-order valence-corrected chi connectivity index (χ0v) is 11.8. The highest BCUT2D eigenvalue weighted by atomic mass is 32.1. The minimum atomic E-state index is -0.935. The number of ether oxygens (including phenoxy) is 1. The van der Waals surface area contributed by atoms with Crippen LogP contribution in [0.25, 0.3) is 0 Å². The first kappa shape index (κ1) is 13.5. The number of rotatable bonds is 6. The molecule has 5 heteroatoms. The highest BCUT2D eigenvalue weighted by Gasteiger charge is 2.37. The van der Waals surface area contributed by atoms with Crippen molar-refractivity contribution in [3.8, 4) is 0 Å². The summed E-state index contributed by atoms with van der Waals surface area (Å²) in [6, 6.07) is 0. The molecule has 18 heavy (non-hydrogen) atoms. The van der Waals surface area contributed by atoms with Gasteiger partial charge in [0.1, 0.15) is 16.5 Å². The maximum absolute atomic E-state index is 11.2. The van der Waals surface area contributed by atoms with Gasteiger partial charge in [-0.2, -0.15) is 0 Å². The average molecular weight is 269 g/mol. The standard InChI is InChI=1S/C13H19NO3S/c1-4-17-10(8-5-6-8)11-14-9(7-18-11)13(2,3)12(15)16/h7-8,10H,4-6H2,1-3H3,(H,15,16). The van der Waals surface area contributed by atoms with Crippen molar-refractivity contribution in [1.29, 1.82) is 0 Å². The number of hydrogen-bond acceptors (Lipinski definition) is 4. The number of carboxylic acid groups (broad SMARTS) is 1. The molecule has 0 spiro atoms. The highest BCUT2D eigenvalue weighted by Crippen LogP contribution is 2.44. The van der Waals surface area contributed by atoms with E-state index in [1.807, 2.05) is 12.3 Å². The normalized spacial score (nSPS) is 17.7. The van der Waals surface area contributed by atoms with Crippen LogP contribution in [0.5, 0.6) is 0 Å². The lowest BCUT2D eigenvalue weighted by Gasteiger charge is -2.17. The van der Waals surface area contributed by atoms with Gasteiger partial charge in [-0.25, -0.2) is 4.98 Å². The van der Waals surface area contributed by atoms with Crippen molar-refractivity contribution in [2.24, 2.45) is 5.92 Å². The molecular weight excluding hydrogens is 250 g/mol. The summed E-state index contributed by atoms with van der Waals surface area (Å²) < 4.78 is 5.74. The van der Waals surface area contributed by atoms with Crippen LogP contribution in [0.15, 0.2) is 5.38 Å². The minimum Gasteiger partial charge on any atom is -0.481 e. The van der Waals surface area contributed by atoms with E-state index in [1.54, 1.807) is 13.8 Å². The quantitative estimate of drug-likeness (QED) is 0.862. The monoisotopic (exact) mass is 269 g/mol. The molecule has 0 radical (unpaired) electrons. The Morgan fingerprint density at radius 2 is 2.33 bits per heavy atom. The number of hydrogen-bond donors (Lipinski definition) is 1. The van der Waals surface area contributed by atoms with E-state index in [2.05, 4.69) is 4.98 Å².